The fourth-order valence-electron chi connectivity index (χ4n) is 8.28. The quantitative estimate of drug-likeness (QED) is 0.703. The minimum absolute atomic E-state index is 0.0744. The largest absolute Gasteiger partial charge is 0.393 e. The van der Waals surface area contributed by atoms with Crippen LogP contribution in [0.15, 0.2) is 0 Å². The van der Waals surface area contributed by atoms with Gasteiger partial charge >= 0.3 is 0 Å². The molecule has 3 heteroatoms. The maximum atomic E-state index is 10.7. The Morgan fingerprint density at radius 2 is 1.62 bits per heavy atom. The number of rotatable bonds is 3. The summed E-state index contributed by atoms with van der Waals surface area (Å²) in [6, 6.07) is 0. The summed E-state index contributed by atoms with van der Waals surface area (Å²) in [5.41, 5.74) is 0.493. The zero-order chi connectivity index (χ0) is 18.6. The van der Waals surface area contributed by atoms with Crippen molar-refractivity contribution < 1.29 is 14.6 Å². The smallest absolute Gasteiger partial charge is 0.171 e. The van der Waals surface area contributed by atoms with Crippen LogP contribution in [0.2, 0.25) is 0 Å². The first kappa shape index (κ1) is 19.2. The van der Waals surface area contributed by atoms with Crippen LogP contribution in [0.5, 0.6) is 0 Å². The number of hydrogen-bond acceptors (Lipinski definition) is 3. The van der Waals surface area contributed by atoms with Crippen LogP contribution in [0.1, 0.15) is 85.0 Å². The number of aliphatic hydroxyl groups is 1. The molecule has 0 amide bonds. The number of fused-ring (bicyclic) bond motifs is 5. The van der Waals surface area contributed by atoms with Crippen molar-refractivity contribution in [3.8, 4) is 0 Å². The Balaban J connectivity index is 1.68. The Hall–Kier alpha value is -0.120. The van der Waals surface area contributed by atoms with Crippen molar-refractivity contribution in [2.45, 2.75) is 96.9 Å². The minimum atomic E-state index is -0.374. The highest BCUT2D eigenvalue weighted by Gasteiger charge is 2.63. The molecule has 0 bridgehead atoms. The Morgan fingerprint density at radius 1 is 0.885 bits per heavy atom. The van der Waals surface area contributed by atoms with Crippen LogP contribution < -0.4 is 0 Å². The molecule has 8 atom stereocenters. The molecule has 0 radical (unpaired) electrons. The molecule has 0 heterocycles. The van der Waals surface area contributed by atoms with Gasteiger partial charge in [0.25, 0.3) is 0 Å². The molecule has 4 fully saturated rings. The molecule has 1 N–H and O–H groups in total. The lowest BCUT2D eigenvalue weighted by Crippen LogP contribution is -2.58. The van der Waals surface area contributed by atoms with E-state index in [0.29, 0.717) is 11.3 Å². The van der Waals surface area contributed by atoms with Gasteiger partial charge in [-0.2, -0.15) is 0 Å². The third kappa shape index (κ3) is 2.56. The summed E-state index contributed by atoms with van der Waals surface area (Å²) in [6.45, 7) is 7.80. The lowest BCUT2D eigenvalue weighted by molar-refractivity contribution is -0.291. The molecule has 0 aliphatic heterocycles. The summed E-state index contributed by atoms with van der Waals surface area (Å²) in [6.07, 6.45) is 12.1. The van der Waals surface area contributed by atoms with Crippen LogP contribution in [0.25, 0.3) is 0 Å². The highest BCUT2D eigenvalue weighted by atomic mass is 16.7. The average Bonchev–Trinajstić information content (AvgIpc) is 2.84. The molecule has 3 nitrogen and oxygen atoms in total. The molecule has 4 aliphatic carbocycles. The summed E-state index contributed by atoms with van der Waals surface area (Å²) in [5.74, 6) is 2.43. The van der Waals surface area contributed by atoms with Crippen molar-refractivity contribution >= 4 is 0 Å². The van der Waals surface area contributed by atoms with E-state index in [4.69, 9.17) is 9.47 Å². The number of hydrogen-bond donors (Lipinski definition) is 1. The molecular formula is C23H40O3. The van der Waals surface area contributed by atoms with Crippen LogP contribution in [0.4, 0.5) is 0 Å². The van der Waals surface area contributed by atoms with Gasteiger partial charge in [-0.05, 0) is 86.9 Å². The van der Waals surface area contributed by atoms with Crippen molar-refractivity contribution in [1.29, 1.82) is 0 Å². The number of aliphatic hydroxyl groups excluding tert-OH is 1. The molecule has 150 valence electrons. The topological polar surface area (TPSA) is 38.7 Å². The van der Waals surface area contributed by atoms with E-state index in [0.717, 1.165) is 37.2 Å². The van der Waals surface area contributed by atoms with E-state index >= 15 is 0 Å². The van der Waals surface area contributed by atoms with Gasteiger partial charge in [-0.15, -0.1) is 0 Å². The highest BCUT2D eigenvalue weighted by molar-refractivity contribution is 5.10. The van der Waals surface area contributed by atoms with Gasteiger partial charge in [-0.3, -0.25) is 0 Å². The van der Waals surface area contributed by atoms with Gasteiger partial charge in [-0.1, -0.05) is 20.3 Å². The van der Waals surface area contributed by atoms with Crippen molar-refractivity contribution in [1.82, 2.24) is 0 Å². The Kier molecular flexibility index (Phi) is 4.98. The fraction of sp³-hybridized carbons (Fsp3) is 1.00. The first-order chi connectivity index (χ1) is 12.4. The summed E-state index contributed by atoms with van der Waals surface area (Å²) < 4.78 is 12.6. The van der Waals surface area contributed by atoms with Gasteiger partial charge in [0.05, 0.1) is 6.10 Å². The zero-order valence-electron chi connectivity index (χ0n) is 17.4. The van der Waals surface area contributed by atoms with Crippen LogP contribution in [-0.2, 0) is 9.47 Å². The third-order valence-corrected chi connectivity index (χ3v) is 9.57. The lowest BCUT2D eigenvalue weighted by Gasteiger charge is -2.61. The van der Waals surface area contributed by atoms with Crippen molar-refractivity contribution in [2.24, 2.45) is 34.5 Å². The Bertz CT molecular complexity index is 522. The van der Waals surface area contributed by atoms with Gasteiger partial charge in [-0.25, -0.2) is 0 Å². The molecule has 4 aliphatic rings. The van der Waals surface area contributed by atoms with Crippen LogP contribution in [-0.4, -0.2) is 30.7 Å². The second kappa shape index (κ2) is 6.74. The average molecular weight is 365 g/mol. The van der Waals surface area contributed by atoms with E-state index in [1.807, 2.05) is 7.11 Å². The molecule has 4 saturated carbocycles. The molecule has 8 unspecified atom stereocenters. The fourth-order valence-corrected chi connectivity index (χ4v) is 8.28. The van der Waals surface area contributed by atoms with E-state index < -0.39 is 0 Å². The van der Waals surface area contributed by atoms with Crippen molar-refractivity contribution in [2.75, 3.05) is 13.7 Å². The molecular weight excluding hydrogens is 324 g/mol. The van der Waals surface area contributed by atoms with E-state index in [1.165, 1.54) is 51.4 Å². The van der Waals surface area contributed by atoms with Crippen molar-refractivity contribution in [3.05, 3.63) is 0 Å². The van der Waals surface area contributed by atoms with Crippen LogP contribution in [0.3, 0.4) is 0 Å². The number of methoxy groups -OCH3 is 1. The summed E-state index contributed by atoms with van der Waals surface area (Å²) in [7, 11) is 1.87. The highest BCUT2D eigenvalue weighted by Crippen LogP contribution is 2.67. The first-order valence-corrected chi connectivity index (χ1v) is 11.3. The third-order valence-electron chi connectivity index (χ3n) is 9.57. The predicted molar refractivity (Wildman–Crippen MR) is 104 cm³/mol. The van der Waals surface area contributed by atoms with Gasteiger partial charge in [0.1, 0.15) is 0 Å². The monoisotopic (exact) mass is 364 g/mol. The zero-order valence-corrected chi connectivity index (χ0v) is 17.4. The van der Waals surface area contributed by atoms with Crippen LogP contribution >= 0.6 is 0 Å². The van der Waals surface area contributed by atoms with Gasteiger partial charge < -0.3 is 14.6 Å². The standard InChI is InChI=1S/C23H40O3/c1-5-26-23(25-4)14-7-6-13-21(2)18-12-15-22(3)17(9-11-20(22)24)16(18)8-10-19(21)23/h16-20,24H,5-15H2,1-4H3. The normalized spacial score (nSPS) is 54.1. The Labute approximate surface area is 160 Å². The Morgan fingerprint density at radius 3 is 2.35 bits per heavy atom. The van der Waals surface area contributed by atoms with E-state index in [9.17, 15) is 5.11 Å². The second-order valence-corrected chi connectivity index (χ2v) is 10.3. The maximum absolute atomic E-state index is 10.7. The van der Waals surface area contributed by atoms with Crippen molar-refractivity contribution in [3.63, 3.8) is 0 Å². The van der Waals surface area contributed by atoms with E-state index in [1.54, 1.807) is 0 Å². The van der Waals surface area contributed by atoms with Gasteiger partial charge in [0, 0.05) is 26.1 Å². The SMILES string of the molecule is CCOC1(OC)CCCCC2(C)C3CCC4(C)C(O)CCC4C3CCC12. The molecule has 0 aromatic carbocycles. The first-order valence-electron chi connectivity index (χ1n) is 11.3. The number of ether oxygens (including phenoxy) is 2. The molecule has 4 rings (SSSR count). The summed E-state index contributed by atoms with van der Waals surface area (Å²) in [5, 5.41) is 10.7. The van der Waals surface area contributed by atoms with E-state index in [2.05, 4.69) is 20.8 Å². The minimum Gasteiger partial charge on any atom is -0.393 e. The summed E-state index contributed by atoms with van der Waals surface area (Å²) >= 11 is 0. The van der Waals surface area contributed by atoms with Gasteiger partial charge in [0.2, 0.25) is 0 Å². The molecule has 0 spiro atoms. The van der Waals surface area contributed by atoms with E-state index in [-0.39, 0.29) is 17.3 Å². The second-order valence-electron chi connectivity index (χ2n) is 10.3. The van der Waals surface area contributed by atoms with Gasteiger partial charge in [0.15, 0.2) is 5.79 Å². The predicted octanol–water partition coefficient (Wildman–Crippen LogP) is 5.16. The van der Waals surface area contributed by atoms with Crippen LogP contribution in [0, 0.1) is 34.5 Å². The molecule has 0 aromatic rings. The maximum Gasteiger partial charge on any atom is 0.171 e. The molecule has 0 saturated heterocycles. The summed E-state index contributed by atoms with van der Waals surface area (Å²) in [4.78, 5) is 0. The lowest BCUT2D eigenvalue weighted by atomic mass is 9.46. The molecule has 0 aromatic heterocycles. The molecule has 26 heavy (non-hydrogen) atoms.